The third kappa shape index (κ3) is 6.24. The Balaban J connectivity index is 0.00000261. The summed E-state index contributed by atoms with van der Waals surface area (Å²) >= 11 is 6.00. The highest BCUT2D eigenvalue weighted by Gasteiger charge is 2.24. The Bertz CT molecular complexity index is 718. The summed E-state index contributed by atoms with van der Waals surface area (Å²) in [5.74, 6) is 3.10. The second kappa shape index (κ2) is 10.7. The second-order valence-electron chi connectivity index (χ2n) is 6.45. The number of halogens is 2. The monoisotopic (exact) mass is 504 g/mol. The van der Waals surface area contributed by atoms with E-state index in [0.717, 1.165) is 43.5 Å². The highest BCUT2D eigenvalue weighted by molar-refractivity contribution is 14.0. The van der Waals surface area contributed by atoms with Crippen molar-refractivity contribution >= 4 is 41.5 Å². The maximum atomic E-state index is 6.00. The molecule has 0 bridgehead atoms. The van der Waals surface area contributed by atoms with E-state index < -0.39 is 0 Å². The first kappa shape index (κ1) is 21.7. The van der Waals surface area contributed by atoms with Gasteiger partial charge in [0.2, 0.25) is 0 Å². The topological polar surface area (TPSA) is 78.4 Å². The van der Waals surface area contributed by atoms with E-state index in [9.17, 15) is 0 Å². The van der Waals surface area contributed by atoms with Crippen LogP contribution in [0.1, 0.15) is 31.5 Å². The molecule has 2 aromatic rings. The van der Waals surface area contributed by atoms with Gasteiger partial charge >= 0.3 is 0 Å². The molecular formula is C18H26ClIN6O. The summed E-state index contributed by atoms with van der Waals surface area (Å²) in [6.07, 6.45) is 3.63. The van der Waals surface area contributed by atoms with Crippen LogP contribution in [-0.4, -0.2) is 58.8 Å². The molecule has 7 nitrogen and oxygen atoms in total. The quantitative estimate of drug-likeness (QED) is 0.371. The molecule has 1 aromatic heterocycles. The van der Waals surface area contributed by atoms with E-state index in [1.54, 1.807) is 6.33 Å². The minimum atomic E-state index is -0.00283. The summed E-state index contributed by atoms with van der Waals surface area (Å²) in [6.45, 7) is 4.57. The van der Waals surface area contributed by atoms with Crippen LogP contribution >= 0.6 is 35.6 Å². The number of aromatic amines is 1. The fourth-order valence-electron chi connectivity index (χ4n) is 3.16. The largest absolute Gasteiger partial charge is 0.489 e. The average Bonchev–Trinajstić information content (AvgIpc) is 3.17. The maximum Gasteiger partial charge on any atom is 0.193 e. The predicted molar refractivity (Wildman–Crippen MR) is 118 cm³/mol. The molecule has 0 spiro atoms. The summed E-state index contributed by atoms with van der Waals surface area (Å²) < 4.78 is 5.90. The van der Waals surface area contributed by atoms with Crippen LogP contribution in [0.4, 0.5) is 0 Å². The van der Waals surface area contributed by atoms with Crippen molar-refractivity contribution in [1.82, 2.24) is 25.4 Å². The van der Waals surface area contributed by atoms with E-state index in [4.69, 9.17) is 16.3 Å². The number of likely N-dealkylation sites (tertiary alicyclic amines) is 1. The average molecular weight is 505 g/mol. The molecule has 9 heteroatoms. The van der Waals surface area contributed by atoms with Gasteiger partial charge in [-0.05, 0) is 38.0 Å². The molecule has 27 heavy (non-hydrogen) atoms. The van der Waals surface area contributed by atoms with Gasteiger partial charge in [0.15, 0.2) is 5.96 Å². The van der Waals surface area contributed by atoms with Crippen molar-refractivity contribution in [3.63, 3.8) is 0 Å². The third-order valence-electron chi connectivity index (χ3n) is 4.51. The lowest BCUT2D eigenvalue weighted by molar-refractivity contribution is 0.220. The summed E-state index contributed by atoms with van der Waals surface area (Å²) in [7, 11) is 1.81. The molecule has 1 fully saturated rings. The Kier molecular flexibility index (Phi) is 8.62. The van der Waals surface area contributed by atoms with E-state index in [2.05, 4.69) is 30.4 Å². The summed E-state index contributed by atoms with van der Waals surface area (Å²) in [6, 6.07) is 7.45. The van der Waals surface area contributed by atoms with Crippen LogP contribution in [0.5, 0.6) is 5.75 Å². The first-order valence-electron chi connectivity index (χ1n) is 8.88. The van der Waals surface area contributed by atoms with Crippen molar-refractivity contribution < 1.29 is 4.74 Å². The molecule has 0 aliphatic carbocycles. The Morgan fingerprint density at radius 1 is 1.44 bits per heavy atom. The summed E-state index contributed by atoms with van der Waals surface area (Å²) in [5.41, 5.74) is 0. The molecule has 1 atom stereocenters. The Hall–Kier alpha value is -1.55. The van der Waals surface area contributed by atoms with Gasteiger partial charge < -0.3 is 15.0 Å². The van der Waals surface area contributed by atoms with Crippen LogP contribution < -0.4 is 10.1 Å². The smallest absolute Gasteiger partial charge is 0.193 e. The third-order valence-corrected chi connectivity index (χ3v) is 4.74. The zero-order valence-corrected chi connectivity index (χ0v) is 18.6. The van der Waals surface area contributed by atoms with E-state index in [1.165, 1.54) is 0 Å². The lowest BCUT2D eigenvalue weighted by atomic mass is 9.96. The molecule has 2 heterocycles. The summed E-state index contributed by atoms with van der Waals surface area (Å²) in [5, 5.41) is 11.0. The fourth-order valence-corrected chi connectivity index (χ4v) is 3.34. The standard InChI is InChI=1S/C18H25ClN6O.HI/c1-13(26-16-5-3-4-15(19)10-16)11-21-18(20-2)25-8-6-14(7-9-25)17-22-12-23-24-17;/h3-5,10,12-14H,6-9,11H2,1-2H3,(H,20,21)(H,22,23,24);1H. The molecule has 1 saturated heterocycles. The van der Waals surface area contributed by atoms with E-state index in [-0.39, 0.29) is 30.1 Å². The fraction of sp³-hybridized carbons (Fsp3) is 0.500. The van der Waals surface area contributed by atoms with Crippen LogP contribution in [0.2, 0.25) is 5.02 Å². The number of hydrogen-bond donors (Lipinski definition) is 2. The van der Waals surface area contributed by atoms with E-state index in [0.29, 0.717) is 17.5 Å². The SMILES string of the molecule is CN=C(NCC(C)Oc1cccc(Cl)c1)N1CCC(c2ncn[nH]2)CC1.I. The lowest BCUT2D eigenvalue weighted by Crippen LogP contribution is -2.47. The number of nitrogens with zero attached hydrogens (tertiary/aromatic N) is 4. The number of nitrogens with one attached hydrogen (secondary N) is 2. The van der Waals surface area contributed by atoms with Crippen LogP contribution in [0.25, 0.3) is 0 Å². The maximum absolute atomic E-state index is 6.00. The van der Waals surface area contributed by atoms with Crippen molar-refractivity contribution in [2.24, 2.45) is 4.99 Å². The van der Waals surface area contributed by atoms with Crippen molar-refractivity contribution in [2.75, 3.05) is 26.7 Å². The zero-order chi connectivity index (χ0) is 18.4. The molecule has 1 unspecified atom stereocenters. The second-order valence-corrected chi connectivity index (χ2v) is 6.88. The van der Waals surface area contributed by atoms with Crippen LogP contribution in [0.3, 0.4) is 0 Å². The number of guanidine groups is 1. The van der Waals surface area contributed by atoms with Gasteiger partial charge in [-0.25, -0.2) is 4.98 Å². The Labute approximate surface area is 182 Å². The molecule has 0 amide bonds. The number of hydrogen-bond acceptors (Lipinski definition) is 4. The number of piperidine rings is 1. The Morgan fingerprint density at radius 2 is 2.22 bits per heavy atom. The number of aromatic nitrogens is 3. The van der Waals surface area contributed by atoms with Gasteiger partial charge in [-0.2, -0.15) is 5.10 Å². The number of ether oxygens (including phenoxy) is 1. The number of benzene rings is 1. The minimum Gasteiger partial charge on any atom is -0.489 e. The van der Waals surface area contributed by atoms with Crippen LogP contribution in [-0.2, 0) is 0 Å². The van der Waals surface area contributed by atoms with E-state index >= 15 is 0 Å². The van der Waals surface area contributed by atoms with Gasteiger partial charge in [0, 0.05) is 31.1 Å². The van der Waals surface area contributed by atoms with Gasteiger partial charge in [0.05, 0.1) is 6.54 Å². The number of H-pyrrole nitrogens is 1. The molecule has 148 valence electrons. The first-order valence-corrected chi connectivity index (χ1v) is 9.26. The van der Waals surface area contributed by atoms with Crippen molar-refractivity contribution in [3.8, 4) is 5.75 Å². The molecule has 0 radical (unpaired) electrons. The van der Waals surface area contributed by atoms with Gasteiger partial charge in [-0.15, -0.1) is 24.0 Å². The first-order chi connectivity index (χ1) is 12.7. The van der Waals surface area contributed by atoms with Crippen LogP contribution in [0, 0.1) is 0 Å². The van der Waals surface area contributed by atoms with Gasteiger partial charge in [-0.1, -0.05) is 17.7 Å². The van der Waals surface area contributed by atoms with Gasteiger partial charge in [0.1, 0.15) is 24.0 Å². The van der Waals surface area contributed by atoms with Crippen molar-refractivity contribution in [1.29, 1.82) is 0 Å². The lowest BCUT2D eigenvalue weighted by Gasteiger charge is -2.33. The molecule has 0 saturated carbocycles. The van der Waals surface area contributed by atoms with Crippen molar-refractivity contribution in [3.05, 3.63) is 41.4 Å². The number of rotatable bonds is 5. The number of aliphatic imine (C=N–C) groups is 1. The summed E-state index contributed by atoms with van der Waals surface area (Å²) in [4.78, 5) is 11.0. The van der Waals surface area contributed by atoms with E-state index in [1.807, 2.05) is 38.2 Å². The highest BCUT2D eigenvalue weighted by atomic mass is 127. The molecule has 1 aliphatic heterocycles. The van der Waals surface area contributed by atoms with Gasteiger partial charge in [0.25, 0.3) is 0 Å². The van der Waals surface area contributed by atoms with Crippen LogP contribution in [0.15, 0.2) is 35.6 Å². The molecule has 2 N–H and O–H groups in total. The van der Waals surface area contributed by atoms with Crippen molar-refractivity contribution in [2.45, 2.75) is 31.8 Å². The normalized spacial score (nSPS) is 16.6. The zero-order valence-electron chi connectivity index (χ0n) is 15.6. The molecule has 1 aliphatic rings. The minimum absolute atomic E-state index is 0. The molecular weight excluding hydrogens is 479 g/mol. The van der Waals surface area contributed by atoms with Gasteiger partial charge in [-0.3, -0.25) is 10.1 Å². The Morgan fingerprint density at radius 3 is 2.85 bits per heavy atom. The highest BCUT2D eigenvalue weighted by Crippen LogP contribution is 2.25. The molecule has 3 rings (SSSR count). The molecule has 1 aromatic carbocycles. The predicted octanol–water partition coefficient (Wildman–Crippen LogP) is 3.30.